The zero-order chi connectivity index (χ0) is 6.24. The molecule has 0 aromatic carbocycles. The molecule has 0 aliphatic heterocycles. The summed E-state index contributed by atoms with van der Waals surface area (Å²) in [4.78, 5) is 13.2. The number of aldehydes is 1. The van der Waals surface area contributed by atoms with E-state index in [-0.39, 0.29) is 0 Å². The van der Waals surface area contributed by atoms with Gasteiger partial charge in [0.1, 0.15) is 0 Å². The van der Waals surface area contributed by atoms with Crippen molar-refractivity contribution in [1.29, 1.82) is 0 Å². The average molecular weight is 279 g/mol. The average Bonchev–Trinajstić information content (AvgIpc) is 1.81. The van der Waals surface area contributed by atoms with Crippen molar-refractivity contribution in [1.82, 2.24) is 0 Å². The van der Waals surface area contributed by atoms with Gasteiger partial charge >= 0.3 is 58.3 Å². The fourth-order valence-electron chi connectivity index (χ4n) is 0.170. The van der Waals surface area contributed by atoms with Crippen LogP contribution in [0.1, 0.15) is 0 Å². The summed E-state index contributed by atoms with van der Waals surface area (Å²) in [6.45, 7) is 0. The van der Waals surface area contributed by atoms with E-state index in [4.69, 9.17) is 0 Å². The molecule has 0 amide bonds. The molecule has 0 heterocycles. The summed E-state index contributed by atoms with van der Waals surface area (Å²) < 4.78 is 1.92. The number of carbonyl (C=O) groups is 1. The molecule has 42 valence electrons. The third-order valence-corrected chi connectivity index (χ3v) is 0.962. The Morgan fingerprint density at radius 2 is 2.25 bits per heavy atom. The van der Waals surface area contributed by atoms with Gasteiger partial charge in [0.05, 0.1) is 0 Å². The number of hydrogen-bond donors (Lipinski definition) is 0. The van der Waals surface area contributed by atoms with E-state index in [2.05, 4.69) is 4.99 Å². The predicted octanol–water partition coefficient (Wildman–Crippen LogP) is 0.119. The molecule has 0 aliphatic rings. The number of rotatable bonds is 3. The van der Waals surface area contributed by atoms with Crippen molar-refractivity contribution in [2.24, 2.45) is 4.99 Å². The summed E-state index contributed by atoms with van der Waals surface area (Å²) >= 11 is 1.37. The second-order valence-electron chi connectivity index (χ2n) is 0.912. The minimum absolute atomic E-state index is 0.646. The SMILES string of the molecule is O=CC=N/C=C\[CH]=[W]. The quantitative estimate of drug-likeness (QED) is 0.533. The van der Waals surface area contributed by atoms with Crippen LogP contribution in [-0.2, 0) is 24.1 Å². The molecule has 0 saturated heterocycles. The van der Waals surface area contributed by atoms with E-state index in [1.807, 2.05) is 4.40 Å². The Bertz CT molecular complexity index is 112. The molecular weight excluding hydrogens is 274 g/mol. The Morgan fingerprint density at radius 3 is 2.75 bits per heavy atom. The third-order valence-electron chi connectivity index (χ3n) is 0.398. The monoisotopic (exact) mass is 279 g/mol. The van der Waals surface area contributed by atoms with Crippen LogP contribution in [0.25, 0.3) is 0 Å². The van der Waals surface area contributed by atoms with Crippen LogP contribution in [0, 0.1) is 0 Å². The van der Waals surface area contributed by atoms with E-state index in [1.54, 1.807) is 12.3 Å². The van der Waals surface area contributed by atoms with Crippen LogP contribution in [-0.4, -0.2) is 16.9 Å². The molecular formula is C5H5NOW. The van der Waals surface area contributed by atoms with Crippen LogP contribution in [0.3, 0.4) is 0 Å². The van der Waals surface area contributed by atoms with Crippen molar-refractivity contribution < 1.29 is 24.1 Å². The fourth-order valence-corrected chi connectivity index (χ4v) is 0.422. The van der Waals surface area contributed by atoms with E-state index in [0.29, 0.717) is 6.29 Å². The first-order valence-corrected chi connectivity index (χ1v) is 3.68. The second-order valence-corrected chi connectivity index (χ2v) is 1.89. The van der Waals surface area contributed by atoms with Crippen LogP contribution in [0.5, 0.6) is 0 Å². The minimum atomic E-state index is 0.646. The molecule has 0 bridgehead atoms. The number of nitrogens with zero attached hydrogens (tertiary/aromatic N) is 1. The molecule has 0 radical (unpaired) electrons. The zero-order valence-corrected chi connectivity index (χ0v) is 7.08. The topological polar surface area (TPSA) is 29.4 Å². The van der Waals surface area contributed by atoms with Gasteiger partial charge in [-0.15, -0.1) is 0 Å². The third kappa shape index (κ3) is 5.64. The van der Waals surface area contributed by atoms with Gasteiger partial charge in [-0.25, -0.2) is 0 Å². The van der Waals surface area contributed by atoms with E-state index >= 15 is 0 Å². The van der Waals surface area contributed by atoms with Crippen molar-refractivity contribution in [3.8, 4) is 0 Å². The van der Waals surface area contributed by atoms with Crippen LogP contribution in [0.15, 0.2) is 17.3 Å². The van der Waals surface area contributed by atoms with Gasteiger partial charge in [0.2, 0.25) is 0 Å². The van der Waals surface area contributed by atoms with Gasteiger partial charge in [-0.2, -0.15) is 0 Å². The summed E-state index contributed by atoms with van der Waals surface area (Å²) in [5.74, 6) is 0. The zero-order valence-electron chi connectivity index (χ0n) is 4.15. The van der Waals surface area contributed by atoms with E-state index < -0.39 is 0 Å². The molecule has 0 N–H and O–H groups in total. The Morgan fingerprint density at radius 1 is 1.50 bits per heavy atom. The number of allylic oxidation sites excluding steroid dienone is 1. The Labute approximate surface area is 58.7 Å². The van der Waals surface area contributed by atoms with Gasteiger partial charge in [0, 0.05) is 0 Å². The van der Waals surface area contributed by atoms with E-state index in [0.717, 1.165) is 0 Å². The van der Waals surface area contributed by atoms with Gasteiger partial charge in [0.25, 0.3) is 0 Å². The predicted molar refractivity (Wildman–Crippen MR) is 29.8 cm³/mol. The molecule has 0 spiro atoms. The molecule has 2 nitrogen and oxygen atoms in total. The molecule has 0 aromatic rings. The van der Waals surface area contributed by atoms with E-state index in [9.17, 15) is 4.79 Å². The summed E-state index contributed by atoms with van der Waals surface area (Å²) in [6.07, 6.45) is 5.21. The summed E-state index contributed by atoms with van der Waals surface area (Å²) in [6, 6.07) is 0. The maximum atomic E-state index is 9.58. The van der Waals surface area contributed by atoms with Gasteiger partial charge in [0.15, 0.2) is 0 Å². The van der Waals surface area contributed by atoms with Crippen molar-refractivity contribution >= 4 is 16.9 Å². The van der Waals surface area contributed by atoms with Crippen molar-refractivity contribution in [3.05, 3.63) is 12.3 Å². The normalized spacial score (nSPS) is 10.5. The molecule has 0 fully saturated rings. The first-order chi connectivity index (χ1) is 3.91. The van der Waals surface area contributed by atoms with Gasteiger partial charge in [-0.1, -0.05) is 0 Å². The Balaban J connectivity index is 3.41. The van der Waals surface area contributed by atoms with Crippen LogP contribution < -0.4 is 0 Å². The number of hydrogen-bond acceptors (Lipinski definition) is 2. The summed E-state index contributed by atoms with van der Waals surface area (Å²) in [5, 5.41) is 0. The van der Waals surface area contributed by atoms with Crippen LogP contribution in [0.4, 0.5) is 0 Å². The van der Waals surface area contributed by atoms with Crippen molar-refractivity contribution in [3.63, 3.8) is 0 Å². The Hall–Kier alpha value is -0.362. The van der Waals surface area contributed by atoms with Gasteiger partial charge < -0.3 is 0 Å². The summed E-state index contributed by atoms with van der Waals surface area (Å²) in [7, 11) is 0. The first kappa shape index (κ1) is 7.64. The maximum absolute atomic E-state index is 9.58. The van der Waals surface area contributed by atoms with Crippen molar-refractivity contribution in [2.45, 2.75) is 0 Å². The van der Waals surface area contributed by atoms with Crippen molar-refractivity contribution in [2.75, 3.05) is 0 Å². The fraction of sp³-hybridized carbons (Fsp3) is 0. The van der Waals surface area contributed by atoms with Gasteiger partial charge in [-0.3, -0.25) is 0 Å². The number of aliphatic imine (C=N–C) groups is 1. The molecule has 0 aliphatic carbocycles. The molecule has 3 heteroatoms. The number of carbonyl (C=O) groups excluding carboxylic acids is 1. The van der Waals surface area contributed by atoms with Crippen LogP contribution in [0.2, 0.25) is 0 Å². The standard InChI is InChI=1S/C5H5NO.W/c1-2-3-6-4-5-7;/h1-5H;/b3-2-,6-4?;. The molecule has 0 aromatic heterocycles. The molecule has 8 heavy (non-hydrogen) atoms. The van der Waals surface area contributed by atoms with Gasteiger partial charge in [-0.05, 0) is 0 Å². The molecule has 0 unspecified atom stereocenters. The van der Waals surface area contributed by atoms with Crippen LogP contribution >= 0.6 is 0 Å². The van der Waals surface area contributed by atoms with E-state index in [1.165, 1.54) is 25.6 Å². The molecule has 0 rings (SSSR count). The second kappa shape index (κ2) is 6.64. The Kier molecular flexibility index (Phi) is 6.34. The molecule has 0 saturated carbocycles. The summed E-state index contributed by atoms with van der Waals surface area (Å²) in [5.41, 5.74) is 0. The first-order valence-electron chi connectivity index (χ1n) is 1.99. The molecule has 0 atom stereocenters.